The molecular formula is C16H26N2O2. The summed E-state index contributed by atoms with van der Waals surface area (Å²) in [4.78, 5) is 2.30. The van der Waals surface area contributed by atoms with Crippen LogP contribution in [0.25, 0.3) is 0 Å². The highest BCUT2D eigenvalue weighted by molar-refractivity contribution is 5.39. The molecule has 0 radical (unpaired) electrons. The lowest BCUT2D eigenvalue weighted by Crippen LogP contribution is -2.45. The summed E-state index contributed by atoms with van der Waals surface area (Å²) >= 11 is 0. The molecule has 1 aromatic rings. The average molecular weight is 278 g/mol. The number of rotatable bonds is 6. The third kappa shape index (κ3) is 3.95. The molecule has 1 aliphatic heterocycles. The van der Waals surface area contributed by atoms with E-state index in [9.17, 15) is 5.11 Å². The molecule has 0 bridgehead atoms. The molecule has 0 amide bonds. The number of nitrogens with zero attached hydrogens (tertiary/aromatic N) is 1. The Hall–Kier alpha value is -1.10. The second kappa shape index (κ2) is 7.62. The zero-order valence-corrected chi connectivity index (χ0v) is 12.6. The summed E-state index contributed by atoms with van der Waals surface area (Å²) in [6, 6.07) is 6.15. The van der Waals surface area contributed by atoms with Crippen molar-refractivity contribution in [2.75, 3.05) is 39.8 Å². The van der Waals surface area contributed by atoms with Gasteiger partial charge in [0.2, 0.25) is 0 Å². The van der Waals surface area contributed by atoms with Crippen LogP contribution in [0.3, 0.4) is 0 Å². The molecule has 2 rings (SSSR count). The number of β-amino-alcohol motifs (C(OH)–C–C–N with tert-alkyl or cyclic N) is 1. The van der Waals surface area contributed by atoms with Crippen molar-refractivity contribution in [2.45, 2.75) is 25.9 Å². The Labute approximate surface area is 121 Å². The number of benzene rings is 1. The number of ether oxygens (including phenoxy) is 1. The van der Waals surface area contributed by atoms with E-state index in [1.807, 2.05) is 6.07 Å². The molecule has 1 fully saturated rings. The number of nitrogens with one attached hydrogen (secondary N) is 1. The van der Waals surface area contributed by atoms with Crippen LogP contribution in [0.1, 0.15) is 30.6 Å². The molecule has 4 heteroatoms. The van der Waals surface area contributed by atoms with Gasteiger partial charge in [-0.2, -0.15) is 0 Å². The van der Waals surface area contributed by atoms with E-state index in [-0.39, 0.29) is 0 Å². The number of aliphatic hydroxyl groups excluding tert-OH is 1. The molecule has 4 nitrogen and oxygen atoms in total. The van der Waals surface area contributed by atoms with Gasteiger partial charge in [-0.1, -0.05) is 19.4 Å². The largest absolute Gasteiger partial charge is 0.496 e. The van der Waals surface area contributed by atoms with E-state index in [1.165, 1.54) is 5.56 Å². The van der Waals surface area contributed by atoms with E-state index in [4.69, 9.17) is 4.74 Å². The topological polar surface area (TPSA) is 44.7 Å². The normalized spacial score (nSPS) is 17.9. The van der Waals surface area contributed by atoms with Crippen LogP contribution in [-0.2, 0) is 6.42 Å². The standard InChI is InChI=1S/C16H26N2O2/c1-3-4-13-5-6-16(20-2)14(11-13)15(19)12-18-9-7-17-8-10-18/h5-6,11,15,17,19H,3-4,7-10,12H2,1-2H3. The van der Waals surface area contributed by atoms with Gasteiger partial charge in [0.1, 0.15) is 5.75 Å². The molecule has 1 atom stereocenters. The molecule has 1 aliphatic rings. The van der Waals surface area contributed by atoms with E-state index in [0.717, 1.165) is 50.3 Å². The van der Waals surface area contributed by atoms with Gasteiger partial charge in [0.05, 0.1) is 13.2 Å². The average Bonchev–Trinajstić information content (AvgIpc) is 2.48. The highest BCUT2D eigenvalue weighted by Crippen LogP contribution is 2.27. The first-order valence-corrected chi connectivity index (χ1v) is 7.52. The maximum atomic E-state index is 10.5. The third-order valence-electron chi connectivity index (χ3n) is 3.83. The first-order chi connectivity index (χ1) is 9.74. The lowest BCUT2D eigenvalue weighted by molar-refractivity contribution is 0.103. The molecule has 112 valence electrons. The van der Waals surface area contributed by atoms with Gasteiger partial charge in [0.25, 0.3) is 0 Å². The molecule has 1 saturated heterocycles. The first-order valence-electron chi connectivity index (χ1n) is 7.52. The minimum atomic E-state index is -0.486. The lowest BCUT2D eigenvalue weighted by atomic mass is 10.0. The maximum absolute atomic E-state index is 10.5. The Kier molecular flexibility index (Phi) is 5.83. The predicted molar refractivity (Wildman–Crippen MR) is 81.3 cm³/mol. The van der Waals surface area contributed by atoms with Crippen LogP contribution in [0.2, 0.25) is 0 Å². The third-order valence-corrected chi connectivity index (χ3v) is 3.83. The fraction of sp³-hybridized carbons (Fsp3) is 0.625. The van der Waals surface area contributed by atoms with Gasteiger partial charge in [0.15, 0.2) is 0 Å². The molecule has 1 aromatic carbocycles. The molecule has 2 N–H and O–H groups in total. The lowest BCUT2D eigenvalue weighted by Gasteiger charge is -2.29. The molecule has 1 heterocycles. The van der Waals surface area contributed by atoms with E-state index in [0.29, 0.717) is 6.54 Å². The number of methoxy groups -OCH3 is 1. The zero-order chi connectivity index (χ0) is 14.4. The smallest absolute Gasteiger partial charge is 0.124 e. The quantitative estimate of drug-likeness (QED) is 0.829. The highest BCUT2D eigenvalue weighted by atomic mass is 16.5. The molecule has 0 aromatic heterocycles. The predicted octanol–water partition coefficient (Wildman–Crippen LogP) is 1.59. The van der Waals surface area contributed by atoms with E-state index >= 15 is 0 Å². The molecule has 20 heavy (non-hydrogen) atoms. The van der Waals surface area contributed by atoms with Crippen LogP contribution in [0.15, 0.2) is 18.2 Å². The summed E-state index contributed by atoms with van der Waals surface area (Å²) in [5, 5.41) is 13.9. The van der Waals surface area contributed by atoms with Crippen molar-refractivity contribution in [2.24, 2.45) is 0 Å². The molecular weight excluding hydrogens is 252 g/mol. The van der Waals surface area contributed by atoms with Crippen molar-refractivity contribution in [3.05, 3.63) is 29.3 Å². The van der Waals surface area contributed by atoms with Crippen molar-refractivity contribution in [3.63, 3.8) is 0 Å². The fourth-order valence-corrected chi connectivity index (χ4v) is 2.73. The summed E-state index contributed by atoms with van der Waals surface area (Å²) in [5.41, 5.74) is 2.18. The van der Waals surface area contributed by atoms with Gasteiger partial charge in [-0.25, -0.2) is 0 Å². The molecule has 0 saturated carbocycles. The van der Waals surface area contributed by atoms with Gasteiger partial charge in [-0.3, -0.25) is 4.90 Å². The molecule has 0 spiro atoms. The summed E-state index contributed by atoms with van der Waals surface area (Å²) in [7, 11) is 1.66. The Bertz CT molecular complexity index is 417. The van der Waals surface area contributed by atoms with Crippen LogP contribution >= 0.6 is 0 Å². The van der Waals surface area contributed by atoms with E-state index in [1.54, 1.807) is 7.11 Å². The van der Waals surface area contributed by atoms with Gasteiger partial charge in [0, 0.05) is 38.3 Å². The first kappa shape index (κ1) is 15.3. The van der Waals surface area contributed by atoms with Crippen molar-refractivity contribution in [3.8, 4) is 5.75 Å². The molecule has 0 aliphatic carbocycles. The van der Waals surface area contributed by atoms with E-state index in [2.05, 4.69) is 29.3 Å². The van der Waals surface area contributed by atoms with Crippen molar-refractivity contribution in [1.82, 2.24) is 10.2 Å². The summed E-state index contributed by atoms with van der Waals surface area (Å²) < 4.78 is 5.40. The summed E-state index contributed by atoms with van der Waals surface area (Å²) in [5.74, 6) is 0.785. The van der Waals surface area contributed by atoms with Gasteiger partial charge >= 0.3 is 0 Å². The van der Waals surface area contributed by atoms with E-state index < -0.39 is 6.10 Å². The Morgan fingerprint density at radius 3 is 2.75 bits per heavy atom. The number of piperazine rings is 1. The monoisotopic (exact) mass is 278 g/mol. The number of aryl methyl sites for hydroxylation is 1. The van der Waals surface area contributed by atoms with Crippen LogP contribution in [0, 0.1) is 0 Å². The SMILES string of the molecule is CCCc1ccc(OC)c(C(O)CN2CCNCC2)c1. The van der Waals surface area contributed by atoms with Crippen LogP contribution in [0.5, 0.6) is 5.75 Å². The highest BCUT2D eigenvalue weighted by Gasteiger charge is 2.19. The molecule has 1 unspecified atom stereocenters. The van der Waals surface area contributed by atoms with Gasteiger partial charge < -0.3 is 15.2 Å². The fourth-order valence-electron chi connectivity index (χ4n) is 2.73. The second-order valence-corrected chi connectivity index (χ2v) is 5.39. The maximum Gasteiger partial charge on any atom is 0.124 e. The number of hydrogen-bond acceptors (Lipinski definition) is 4. The van der Waals surface area contributed by atoms with Crippen LogP contribution < -0.4 is 10.1 Å². The van der Waals surface area contributed by atoms with Crippen LogP contribution in [0.4, 0.5) is 0 Å². The zero-order valence-electron chi connectivity index (χ0n) is 12.6. The Balaban J connectivity index is 2.09. The second-order valence-electron chi connectivity index (χ2n) is 5.39. The van der Waals surface area contributed by atoms with Crippen LogP contribution in [-0.4, -0.2) is 49.8 Å². The summed E-state index contributed by atoms with van der Waals surface area (Å²) in [6.45, 7) is 6.83. The Morgan fingerprint density at radius 1 is 1.35 bits per heavy atom. The van der Waals surface area contributed by atoms with Gasteiger partial charge in [-0.05, 0) is 24.1 Å². The van der Waals surface area contributed by atoms with Crippen molar-refractivity contribution >= 4 is 0 Å². The Morgan fingerprint density at radius 2 is 2.10 bits per heavy atom. The number of hydrogen-bond donors (Lipinski definition) is 2. The van der Waals surface area contributed by atoms with Gasteiger partial charge in [-0.15, -0.1) is 0 Å². The number of aliphatic hydroxyl groups is 1. The summed E-state index contributed by atoms with van der Waals surface area (Å²) in [6.07, 6.45) is 1.66. The minimum absolute atomic E-state index is 0.486. The van der Waals surface area contributed by atoms with Crippen molar-refractivity contribution < 1.29 is 9.84 Å². The van der Waals surface area contributed by atoms with Crippen molar-refractivity contribution in [1.29, 1.82) is 0 Å². The minimum Gasteiger partial charge on any atom is -0.496 e.